The first-order valence-electron chi connectivity index (χ1n) is 5.64. The number of hydrogen-bond acceptors (Lipinski definition) is 2. The van der Waals surface area contributed by atoms with Crippen LogP contribution in [0.5, 0.6) is 0 Å². The Balaban J connectivity index is 1.80. The van der Waals surface area contributed by atoms with Gasteiger partial charge in [-0.2, -0.15) is 0 Å². The van der Waals surface area contributed by atoms with E-state index in [1.165, 1.54) is 45.3 Å². The van der Waals surface area contributed by atoms with Crippen LogP contribution in [0.25, 0.3) is 0 Å². The van der Waals surface area contributed by atoms with E-state index in [0.717, 1.165) is 12.0 Å². The zero-order valence-electron chi connectivity index (χ0n) is 9.00. The van der Waals surface area contributed by atoms with Crippen molar-refractivity contribution in [2.75, 3.05) is 33.7 Å². The second-order valence-corrected chi connectivity index (χ2v) is 4.98. The van der Waals surface area contributed by atoms with E-state index in [9.17, 15) is 0 Å². The van der Waals surface area contributed by atoms with E-state index in [-0.39, 0.29) is 0 Å². The molecular formula is C11H22N2. The Bertz CT molecular complexity index is 167. The molecule has 2 unspecified atom stereocenters. The molecule has 2 nitrogen and oxygen atoms in total. The molecule has 0 aromatic heterocycles. The SMILES string of the molecule is CN(C)CCN1CC2CCCC1C2. The van der Waals surface area contributed by atoms with Crippen molar-refractivity contribution in [2.45, 2.75) is 31.7 Å². The lowest BCUT2D eigenvalue weighted by Crippen LogP contribution is -2.35. The van der Waals surface area contributed by atoms with Gasteiger partial charge in [-0.1, -0.05) is 6.42 Å². The third-order valence-corrected chi connectivity index (χ3v) is 3.60. The maximum absolute atomic E-state index is 2.72. The molecule has 1 aliphatic heterocycles. The minimum atomic E-state index is 0.943. The van der Waals surface area contributed by atoms with Crippen LogP contribution in [0.3, 0.4) is 0 Å². The molecule has 2 heteroatoms. The van der Waals surface area contributed by atoms with Gasteiger partial charge in [0.1, 0.15) is 0 Å². The van der Waals surface area contributed by atoms with Crippen molar-refractivity contribution in [3.8, 4) is 0 Å². The fraction of sp³-hybridized carbons (Fsp3) is 1.00. The van der Waals surface area contributed by atoms with Gasteiger partial charge < -0.3 is 4.90 Å². The molecule has 0 N–H and O–H groups in total. The number of rotatable bonds is 3. The Morgan fingerprint density at radius 1 is 1.31 bits per heavy atom. The smallest absolute Gasteiger partial charge is 0.0112 e. The molecule has 0 radical (unpaired) electrons. The molecule has 2 atom stereocenters. The van der Waals surface area contributed by atoms with Crippen LogP contribution in [0.2, 0.25) is 0 Å². The number of hydrogen-bond donors (Lipinski definition) is 0. The zero-order valence-corrected chi connectivity index (χ0v) is 9.00. The molecule has 76 valence electrons. The first kappa shape index (κ1) is 9.47. The summed E-state index contributed by atoms with van der Waals surface area (Å²) in [5.41, 5.74) is 0. The van der Waals surface area contributed by atoms with Crippen LogP contribution < -0.4 is 0 Å². The summed E-state index contributed by atoms with van der Waals surface area (Å²) >= 11 is 0. The molecule has 0 aromatic carbocycles. The molecule has 0 aromatic rings. The zero-order chi connectivity index (χ0) is 9.26. The molecular weight excluding hydrogens is 160 g/mol. The van der Waals surface area contributed by atoms with Crippen molar-refractivity contribution in [3.05, 3.63) is 0 Å². The average Bonchev–Trinajstić information content (AvgIpc) is 2.38. The van der Waals surface area contributed by atoms with Crippen LogP contribution in [0, 0.1) is 5.92 Å². The van der Waals surface area contributed by atoms with E-state index in [4.69, 9.17) is 0 Å². The Hall–Kier alpha value is -0.0800. The molecule has 1 aliphatic carbocycles. The molecule has 0 amide bonds. The van der Waals surface area contributed by atoms with Crippen molar-refractivity contribution >= 4 is 0 Å². The highest BCUT2D eigenvalue weighted by molar-refractivity contribution is 4.89. The van der Waals surface area contributed by atoms with E-state index < -0.39 is 0 Å². The normalized spacial score (nSPS) is 34.4. The van der Waals surface area contributed by atoms with Crippen LogP contribution in [-0.2, 0) is 0 Å². The van der Waals surface area contributed by atoms with Crippen molar-refractivity contribution < 1.29 is 0 Å². The second kappa shape index (κ2) is 3.97. The van der Waals surface area contributed by atoms with E-state index in [1.807, 2.05) is 0 Å². The summed E-state index contributed by atoms with van der Waals surface area (Å²) in [6, 6.07) is 0.943. The van der Waals surface area contributed by atoms with Gasteiger partial charge in [0.2, 0.25) is 0 Å². The summed E-state index contributed by atoms with van der Waals surface area (Å²) in [6.07, 6.45) is 5.93. The van der Waals surface area contributed by atoms with Crippen LogP contribution in [-0.4, -0.2) is 49.6 Å². The standard InChI is InChI=1S/C11H22N2/c1-12(2)6-7-13-9-10-4-3-5-11(13)8-10/h10-11H,3-9H2,1-2H3. The van der Waals surface area contributed by atoms with Gasteiger partial charge in [0.25, 0.3) is 0 Å². The highest BCUT2D eigenvalue weighted by atomic mass is 15.2. The van der Waals surface area contributed by atoms with E-state index in [2.05, 4.69) is 23.9 Å². The number of nitrogens with zero attached hydrogens (tertiary/aromatic N) is 2. The lowest BCUT2D eigenvalue weighted by atomic mass is 9.90. The summed E-state index contributed by atoms with van der Waals surface area (Å²) in [5, 5.41) is 0. The molecule has 2 rings (SSSR count). The van der Waals surface area contributed by atoms with Gasteiger partial charge in [-0.3, -0.25) is 4.90 Å². The first-order chi connectivity index (χ1) is 6.25. The summed E-state index contributed by atoms with van der Waals surface area (Å²) in [6.45, 7) is 3.90. The fourth-order valence-electron chi connectivity index (χ4n) is 2.84. The highest BCUT2D eigenvalue weighted by Gasteiger charge is 2.34. The van der Waals surface area contributed by atoms with Crippen molar-refractivity contribution in [1.82, 2.24) is 9.80 Å². The molecule has 1 saturated heterocycles. The van der Waals surface area contributed by atoms with Crippen LogP contribution in [0.1, 0.15) is 25.7 Å². The average molecular weight is 182 g/mol. The Morgan fingerprint density at radius 2 is 2.15 bits per heavy atom. The predicted octanol–water partition coefficient (Wildman–Crippen LogP) is 1.42. The van der Waals surface area contributed by atoms with E-state index >= 15 is 0 Å². The van der Waals surface area contributed by atoms with Gasteiger partial charge in [-0.05, 0) is 39.3 Å². The van der Waals surface area contributed by atoms with Crippen molar-refractivity contribution in [1.29, 1.82) is 0 Å². The van der Waals surface area contributed by atoms with Crippen LogP contribution >= 0.6 is 0 Å². The Labute approximate surface area is 81.9 Å². The molecule has 13 heavy (non-hydrogen) atoms. The molecule has 2 aliphatic rings. The molecule has 2 bridgehead atoms. The monoisotopic (exact) mass is 182 g/mol. The fourth-order valence-corrected chi connectivity index (χ4v) is 2.84. The van der Waals surface area contributed by atoms with Gasteiger partial charge in [-0.25, -0.2) is 0 Å². The van der Waals surface area contributed by atoms with E-state index in [1.54, 1.807) is 0 Å². The minimum Gasteiger partial charge on any atom is -0.308 e. The number of fused-ring (bicyclic) bond motifs is 2. The summed E-state index contributed by atoms with van der Waals surface area (Å²) in [4.78, 5) is 5.01. The maximum Gasteiger partial charge on any atom is 0.0112 e. The lowest BCUT2D eigenvalue weighted by molar-refractivity contribution is 0.219. The Morgan fingerprint density at radius 3 is 2.85 bits per heavy atom. The molecule has 1 heterocycles. The highest BCUT2D eigenvalue weighted by Crippen LogP contribution is 2.34. The van der Waals surface area contributed by atoms with Gasteiger partial charge in [0.15, 0.2) is 0 Å². The molecule has 0 spiro atoms. The number of likely N-dealkylation sites (N-methyl/N-ethyl adjacent to an activating group) is 1. The predicted molar refractivity (Wildman–Crippen MR) is 55.9 cm³/mol. The quantitative estimate of drug-likeness (QED) is 0.651. The molecule has 1 saturated carbocycles. The lowest BCUT2D eigenvalue weighted by Gasteiger charge is -2.25. The van der Waals surface area contributed by atoms with Gasteiger partial charge in [0.05, 0.1) is 0 Å². The summed E-state index contributed by atoms with van der Waals surface area (Å²) in [5.74, 6) is 1.04. The topological polar surface area (TPSA) is 6.48 Å². The van der Waals surface area contributed by atoms with Gasteiger partial charge in [-0.15, -0.1) is 0 Å². The van der Waals surface area contributed by atoms with Crippen molar-refractivity contribution in [2.24, 2.45) is 5.92 Å². The summed E-state index contributed by atoms with van der Waals surface area (Å²) < 4.78 is 0. The summed E-state index contributed by atoms with van der Waals surface area (Å²) in [7, 11) is 4.34. The van der Waals surface area contributed by atoms with Crippen LogP contribution in [0.4, 0.5) is 0 Å². The maximum atomic E-state index is 2.72. The van der Waals surface area contributed by atoms with Gasteiger partial charge in [0, 0.05) is 25.7 Å². The second-order valence-electron chi connectivity index (χ2n) is 4.98. The largest absolute Gasteiger partial charge is 0.308 e. The van der Waals surface area contributed by atoms with Crippen molar-refractivity contribution in [3.63, 3.8) is 0 Å². The number of likely N-dealkylation sites (tertiary alicyclic amines) is 1. The minimum absolute atomic E-state index is 0.943. The molecule has 2 fully saturated rings. The van der Waals surface area contributed by atoms with E-state index in [0.29, 0.717) is 0 Å². The van der Waals surface area contributed by atoms with Crippen LogP contribution in [0.15, 0.2) is 0 Å². The third kappa shape index (κ3) is 2.23. The first-order valence-corrected chi connectivity index (χ1v) is 5.64. The van der Waals surface area contributed by atoms with Gasteiger partial charge >= 0.3 is 0 Å². The Kier molecular flexibility index (Phi) is 2.89. The third-order valence-electron chi connectivity index (χ3n) is 3.60.